The van der Waals surface area contributed by atoms with E-state index in [9.17, 15) is 4.79 Å². The Labute approximate surface area is 166 Å². The third kappa shape index (κ3) is 3.86. The van der Waals surface area contributed by atoms with Gasteiger partial charge in [-0.2, -0.15) is 0 Å². The lowest BCUT2D eigenvalue weighted by atomic mass is 10.0. The van der Waals surface area contributed by atoms with Gasteiger partial charge in [0.25, 0.3) is 5.56 Å². The summed E-state index contributed by atoms with van der Waals surface area (Å²) in [6.07, 6.45) is 0.658. The molecule has 0 bridgehead atoms. The van der Waals surface area contributed by atoms with Crippen LogP contribution in [0, 0.1) is 0 Å². The zero-order valence-electron chi connectivity index (χ0n) is 14.5. The number of nitrogen functional groups attached to an aromatic ring is 1. The van der Waals surface area contributed by atoms with Gasteiger partial charge in [0.15, 0.2) is 0 Å². The van der Waals surface area contributed by atoms with Crippen LogP contribution >= 0.6 is 23.2 Å². The molecular formula is C20H18Cl2N4O. The summed E-state index contributed by atoms with van der Waals surface area (Å²) >= 11 is 12.3. The van der Waals surface area contributed by atoms with Crippen molar-refractivity contribution in [1.29, 1.82) is 0 Å². The maximum Gasteiger partial charge on any atom is 0.254 e. The fraction of sp³-hybridized carbons (Fsp3) is 0.200. The molecule has 2 heterocycles. The predicted molar refractivity (Wildman–Crippen MR) is 109 cm³/mol. The highest BCUT2D eigenvalue weighted by Crippen LogP contribution is 2.25. The van der Waals surface area contributed by atoms with Crippen LogP contribution in [0.25, 0.3) is 11.4 Å². The number of aromatic nitrogens is 2. The van der Waals surface area contributed by atoms with Crippen LogP contribution in [-0.2, 0) is 19.5 Å². The van der Waals surface area contributed by atoms with E-state index in [0.29, 0.717) is 41.1 Å². The minimum Gasteiger partial charge on any atom is -0.399 e. The summed E-state index contributed by atoms with van der Waals surface area (Å²) in [4.78, 5) is 22.3. The number of aromatic amines is 1. The van der Waals surface area contributed by atoms with E-state index in [2.05, 4.69) is 9.88 Å². The van der Waals surface area contributed by atoms with Gasteiger partial charge in [0.1, 0.15) is 5.82 Å². The Bertz CT molecular complexity index is 1050. The molecule has 1 aromatic heterocycles. The molecule has 7 heteroatoms. The number of rotatable bonds is 3. The lowest BCUT2D eigenvalue weighted by Gasteiger charge is -2.28. The first-order chi connectivity index (χ1) is 13.0. The Morgan fingerprint density at radius 1 is 1.15 bits per heavy atom. The third-order valence-corrected chi connectivity index (χ3v) is 5.33. The zero-order chi connectivity index (χ0) is 19.0. The maximum absolute atomic E-state index is 12.5. The molecule has 3 N–H and O–H groups in total. The molecule has 0 saturated heterocycles. The first-order valence-corrected chi connectivity index (χ1v) is 9.39. The van der Waals surface area contributed by atoms with Crippen molar-refractivity contribution in [2.24, 2.45) is 0 Å². The third-order valence-electron chi connectivity index (χ3n) is 4.75. The Kier molecular flexibility index (Phi) is 4.91. The normalized spacial score (nSPS) is 14.1. The van der Waals surface area contributed by atoms with Crippen LogP contribution in [0.1, 0.15) is 16.8 Å². The fourth-order valence-electron chi connectivity index (χ4n) is 3.30. The van der Waals surface area contributed by atoms with Gasteiger partial charge in [-0.1, -0.05) is 29.3 Å². The lowest BCUT2D eigenvalue weighted by Crippen LogP contribution is -2.35. The molecule has 0 spiro atoms. The van der Waals surface area contributed by atoms with Crippen molar-refractivity contribution < 1.29 is 0 Å². The van der Waals surface area contributed by atoms with E-state index in [0.717, 1.165) is 28.9 Å². The molecule has 0 saturated carbocycles. The van der Waals surface area contributed by atoms with Crippen molar-refractivity contribution in [3.8, 4) is 11.4 Å². The van der Waals surface area contributed by atoms with Gasteiger partial charge in [-0.25, -0.2) is 4.98 Å². The number of nitrogens with zero attached hydrogens (tertiary/aromatic N) is 2. The fourth-order valence-corrected chi connectivity index (χ4v) is 3.77. The number of nitrogens with two attached hydrogens (primary N) is 1. The minimum absolute atomic E-state index is 0.0731. The molecule has 0 unspecified atom stereocenters. The van der Waals surface area contributed by atoms with Crippen LogP contribution in [0.2, 0.25) is 10.0 Å². The highest BCUT2D eigenvalue weighted by molar-refractivity contribution is 6.35. The highest BCUT2D eigenvalue weighted by Gasteiger charge is 2.22. The van der Waals surface area contributed by atoms with Crippen LogP contribution in [-0.4, -0.2) is 21.4 Å². The van der Waals surface area contributed by atoms with E-state index in [1.165, 1.54) is 0 Å². The molecule has 0 radical (unpaired) electrons. The summed E-state index contributed by atoms with van der Waals surface area (Å²) in [5.41, 5.74) is 9.75. The molecule has 0 fully saturated rings. The van der Waals surface area contributed by atoms with Gasteiger partial charge in [0, 0.05) is 46.5 Å². The van der Waals surface area contributed by atoms with Crippen molar-refractivity contribution in [3.63, 3.8) is 0 Å². The molecule has 4 rings (SSSR count). The molecule has 1 aliphatic rings. The number of halogens is 2. The van der Waals surface area contributed by atoms with E-state index >= 15 is 0 Å². The van der Waals surface area contributed by atoms with Gasteiger partial charge >= 0.3 is 0 Å². The number of benzene rings is 2. The van der Waals surface area contributed by atoms with Gasteiger partial charge in [0.05, 0.1) is 5.69 Å². The SMILES string of the molecule is Nc1ccc(-c2nc3c(c(=O)[nH]2)CCN(Cc2ccc(Cl)cc2Cl)C3)cc1. The number of hydrogen-bond acceptors (Lipinski definition) is 4. The standard InChI is InChI=1S/C20H18Cl2N4O/c21-14-4-1-13(17(22)9-14)10-26-8-7-16-18(11-26)24-19(25-20(16)27)12-2-5-15(23)6-3-12/h1-6,9H,7-8,10-11,23H2,(H,24,25,27). The quantitative estimate of drug-likeness (QED) is 0.654. The number of hydrogen-bond donors (Lipinski definition) is 2. The monoisotopic (exact) mass is 400 g/mol. The molecule has 2 aromatic carbocycles. The van der Waals surface area contributed by atoms with Gasteiger partial charge in [-0.15, -0.1) is 0 Å². The Balaban J connectivity index is 1.61. The second kappa shape index (κ2) is 7.35. The zero-order valence-corrected chi connectivity index (χ0v) is 16.0. The summed E-state index contributed by atoms with van der Waals surface area (Å²) in [5.74, 6) is 0.560. The van der Waals surface area contributed by atoms with E-state index in [1.54, 1.807) is 18.2 Å². The Morgan fingerprint density at radius 3 is 2.67 bits per heavy atom. The Morgan fingerprint density at radius 2 is 1.93 bits per heavy atom. The number of H-pyrrole nitrogens is 1. The molecule has 0 atom stereocenters. The number of nitrogens with one attached hydrogen (secondary N) is 1. The van der Waals surface area contributed by atoms with Crippen LogP contribution in [0.3, 0.4) is 0 Å². The first kappa shape index (κ1) is 18.0. The molecule has 3 aromatic rings. The average Bonchev–Trinajstić information content (AvgIpc) is 2.64. The summed E-state index contributed by atoms with van der Waals surface area (Å²) in [6.45, 7) is 2.05. The summed E-state index contributed by atoms with van der Waals surface area (Å²) in [6, 6.07) is 12.8. The smallest absolute Gasteiger partial charge is 0.254 e. The average molecular weight is 401 g/mol. The number of anilines is 1. The van der Waals surface area contributed by atoms with Gasteiger partial charge in [-0.05, 0) is 48.4 Å². The van der Waals surface area contributed by atoms with E-state index < -0.39 is 0 Å². The van der Waals surface area contributed by atoms with Crippen LogP contribution in [0.4, 0.5) is 5.69 Å². The molecule has 0 amide bonds. The highest BCUT2D eigenvalue weighted by atomic mass is 35.5. The van der Waals surface area contributed by atoms with E-state index in [4.69, 9.17) is 33.9 Å². The number of fused-ring (bicyclic) bond motifs is 1. The first-order valence-electron chi connectivity index (χ1n) is 8.64. The maximum atomic E-state index is 12.5. The van der Waals surface area contributed by atoms with E-state index in [-0.39, 0.29) is 5.56 Å². The van der Waals surface area contributed by atoms with Crippen molar-refractivity contribution in [2.45, 2.75) is 19.5 Å². The van der Waals surface area contributed by atoms with Crippen molar-refractivity contribution in [2.75, 3.05) is 12.3 Å². The molecular weight excluding hydrogens is 383 g/mol. The van der Waals surface area contributed by atoms with Crippen molar-refractivity contribution in [3.05, 3.63) is 79.7 Å². The van der Waals surface area contributed by atoms with Crippen LogP contribution < -0.4 is 11.3 Å². The molecule has 1 aliphatic heterocycles. The second-order valence-electron chi connectivity index (χ2n) is 6.66. The lowest BCUT2D eigenvalue weighted by molar-refractivity contribution is 0.240. The Hall–Kier alpha value is -2.34. The minimum atomic E-state index is -0.0731. The molecule has 0 aliphatic carbocycles. The van der Waals surface area contributed by atoms with Crippen molar-refractivity contribution >= 4 is 28.9 Å². The summed E-state index contributed by atoms with van der Waals surface area (Å²) in [5, 5.41) is 1.27. The van der Waals surface area contributed by atoms with Gasteiger partial charge < -0.3 is 10.7 Å². The van der Waals surface area contributed by atoms with Crippen LogP contribution in [0.15, 0.2) is 47.3 Å². The van der Waals surface area contributed by atoms with Gasteiger partial charge in [-0.3, -0.25) is 9.69 Å². The summed E-state index contributed by atoms with van der Waals surface area (Å²) < 4.78 is 0. The van der Waals surface area contributed by atoms with Crippen molar-refractivity contribution in [1.82, 2.24) is 14.9 Å². The summed E-state index contributed by atoms with van der Waals surface area (Å²) in [7, 11) is 0. The molecule has 5 nitrogen and oxygen atoms in total. The van der Waals surface area contributed by atoms with Gasteiger partial charge in [0.2, 0.25) is 0 Å². The van der Waals surface area contributed by atoms with Crippen LogP contribution in [0.5, 0.6) is 0 Å². The topological polar surface area (TPSA) is 75.0 Å². The van der Waals surface area contributed by atoms with E-state index in [1.807, 2.05) is 24.3 Å². The molecule has 27 heavy (non-hydrogen) atoms. The molecule has 138 valence electrons. The predicted octanol–water partition coefficient (Wildman–Crippen LogP) is 3.88. The second-order valence-corrected chi connectivity index (χ2v) is 7.50. The largest absolute Gasteiger partial charge is 0.399 e.